The first-order valence-corrected chi connectivity index (χ1v) is 6.37. The Balaban J connectivity index is -0.000000203. The Morgan fingerprint density at radius 1 is 0.895 bits per heavy atom. The van der Waals surface area contributed by atoms with Crippen LogP contribution in [0.25, 0.3) is 0 Å². The van der Waals surface area contributed by atoms with Crippen molar-refractivity contribution < 1.29 is 30.0 Å². The van der Waals surface area contributed by atoms with Crippen molar-refractivity contribution in [1.29, 1.82) is 0 Å². The summed E-state index contributed by atoms with van der Waals surface area (Å²) in [5.41, 5.74) is 0. The van der Waals surface area contributed by atoms with Crippen LogP contribution in [0.4, 0.5) is 0 Å². The number of hydrogen-bond acceptors (Lipinski definition) is 4. The summed E-state index contributed by atoms with van der Waals surface area (Å²) in [5, 5.41) is 32.5. The lowest BCUT2D eigenvalue weighted by Crippen LogP contribution is -2.03. The lowest BCUT2D eigenvalue weighted by atomic mass is 10.2. The number of aliphatic hydroxyl groups is 2. The third kappa shape index (κ3) is 31.6. The zero-order valence-electron chi connectivity index (χ0n) is 12.5. The fourth-order valence-corrected chi connectivity index (χ4v) is 0.387. The molecule has 0 spiro atoms. The molecule has 0 unspecified atom stereocenters. The lowest BCUT2D eigenvalue weighted by Gasteiger charge is -1.97. The van der Waals surface area contributed by atoms with E-state index in [0.717, 1.165) is 12.8 Å². The van der Waals surface area contributed by atoms with Gasteiger partial charge in [-0.2, -0.15) is 0 Å². The maximum atomic E-state index is 9.70. The van der Waals surface area contributed by atoms with Gasteiger partial charge in [-0.25, -0.2) is 0 Å². The molecule has 0 aliphatic heterocycles. The smallest absolute Gasteiger partial charge is 0.305 e. The third-order valence-corrected chi connectivity index (χ3v) is 1.80. The topological polar surface area (TPSA) is 115 Å². The van der Waals surface area contributed by atoms with Gasteiger partial charge in [0.15, 0.2) is 6.29 Å². The second-order valence-corrected chi connectivity index (χ2v) is 4.61. The van der Waals surface area contributed by atoms with E-state index in [-0.39, 0.29) is 11.8 Å². The van der Waals surface area contributed by atoms with Crippen molar-refractivity contribution in [2.24, 2.45) is 11.8 Å². The predicted octanol–water partition coefficient (Wildman–Crippen LogP) is 1.94. The van der Waals surface area contributed by atoms with Gasteiger partial charge in [-0.05, 0) is 12.8 Å². The van der Waals surface area contributed by atoms with Gasteiger partial charge in [0.05, 0.1) is 11.8 Å². The van der Waals surface area contributed by atoms with Crippen molar-refractivity contribution in [2.75, 3.05) is 0 Å². The van der Waals surface area contributed by atoms with E-state index in [9.17, 15) is 9.59 Å². The first-order chi connectivity index (χ1) is 8.56. The summed E-state index contributed by atoms with van der Waals surface area (Å²) in [7, 11) is 0. The highest BCUT2D eigenvalue weighted by Crippen LogP contribution is 1.95. The third-order valence-electron chi connectivity index (χ3n) is 1.80. The molecule has 4 N–H and O–H groups in total. The fourth-order valence-electron chi connectivity index (χ4n) is 0.387. The zero-order chi connectivity index (χ0) is 16.0. The number of aliphatic hydroxyl groups excluding tert-OH is 1. The van der Waals surface area contributed by atoms with Crippen LogP contribution in [-0.4, -0.2) is 38.7 Å². The van der Waals surface area contributed by atoms with Gasteiger partial charge in [0.1, 0.15) is 0 Å². The van der Waals surface area contributed by atoms with E-state index in [1.807, 2.05) is 6.92 Å². The predicted molar refractivity (Wildman–Crippen MR) is 72.7 cm³/mol. The Labute approximate surface area is 115 Å². The maximum absolute atomic E-state index is 9.70. The molecule has 0 fully saturated rings. The van der Waals surface area contributed by atoms with Crippen LogP contribution in [-0.2, 0) is 9.59 Å². The molecule has 0 aromatic heterocycles. The van der Waals surface area contributed by atoms with E-state index < -0.39 is 18.2 Å². The molecule has 0 heterocycles. The maximum Gasteiger partial charge on any atom is 0.305 e. The highest BCUT2D eigenvalue weighted by atomic mass is 16.5. The molecule has 0 atom stereocenters. The van der Waals surface area contributed by atoms with Gasteiger partial charge in [0.2, 0.25) is 0 Å². The Hall–Kier alpha value is -1.14. The molecule has 6 heteroatoms. The van der Waals surface area contributed by atoms with E-state index in [0.29, 0.717) is 6.42 Å². The van der Waals surface area contributed by atoms with Gasteiger partial charge in [0.25, 0.3) is 0 Å². The molecule has 0 aromatic rings. The molecule has 0 aliphatic carbocycles. The van der Waals surface area contributed by atoms with Crippen LogP contribution in [0.15, 0.2) is 0 Å². The number of carboxylic acid groups (broad SMARTS) is 2. The average molecular weight is 280 g/mol. The van der Waals surface area contributed by atoms with Crippen LogP contribution in [0.1, 0.15) is 53.9 Å². The molecule has 0 aliphatic rings. The Morgan fingerprint density at radius 2 is 1.16 bits per heavy atom. The SMILES string of the molecule is CC(C)C(=O)O.CC(C)C(=O)O.CCCCC(O)O. The molecular weight excluding hydrogens is 252 g/mol. The van der Waals surface area contributed by atoms with E-state index >= 15 is 0 Å². The van der Waals surface area contributed by atoms with Gasteiger partial charge in [0, 0.05) is 0 Å². The van der Waals surface area contributed by atoms with E-state index in [2.05, 4.69) is 0 Å². The molecule has 0 aromatic carbocycles. The van der Waals surface area contributed by atoms with E-state index in [4.69, 9.17) is 20.4 Å². The minimum Gasteiger partial charge on any atom is -0.481 e. The molecule has 0 saturated heterocycles. The van der Waals surface area contributed by atoms with Gasteiger partial charge >= 0.3 is 11.9 Å². The van der Waals surface area contributed by atoms with Crippen LogP contribution < -0.4 is 0 Å². The molecule has 0 amide bonds. The zero-order valence-corrected chi connectivity index (χ0v) is 12.5. The van der Waals surface area contributed by atoms with Gasteiger partial charge in [-0.15, -0.1) is 0 Å². The summed E-state index contributed by atoms with van der Waals surface area (Å²) in [5.74, 6) is -1.94. The van der Waals surface area contributed by atoms with E-state index in [1.54, 1.807) is 27.7 Å². The highest BCUT2D eigenvalue weighted by Gasteiger charge is 1.99. The first-order valence-electron chi connectivity index (χ1n) is 6.37. The normalized spacial score (nSPS) is 9.58. The molecule has 6 nitrogen and oxygen atoms in total. The summed E-state index contributed by atoms with van der Waals surface area (Å²) < 4.78 is 0. The molecular formula is C13H28O6. The minimum atomic E-state index is -1.10. The summed E-state index contributed by atoms with van der Waals surface area (Å²) in [6, 6.07) is 0. The van der Waals surface area contributed by atoms with Crippen LogP contribution in [0.3, 0.4) is 0 Å². The van der Waals surface area contributed by atoms with E-state index in [1.165, 1.54) is 0 Å². The summed E-state index contributed by atoms with van der Waals surface area (Å²) >= 11 is 0. The second-order valence-electron chi connectivity index (χ2n) is 4.61. The number of rotatable bonds is 5. The number of unbranched alkanes of at least 4 members (excludes halogenated alkanes) is 1. The molecule has 0 saturated carbocycles. The van der Waals surface area contributed by atoms with Crippen molar-refractivity contribution in [2.45, 2.75) is 60.2 Å². The summed E-state index contributed by atoms with van der Waals surface area (Å²) in [6.07, 6.45) is 1.34. The number of aliphatic carboxylic acids is 2. The van der Waals surface area contributed by atoms with Gasteiger partial charge < -0.3 is 20.4 Å². The largest absolute Gasteiger partial charge is 0.481 e. The first kappa shape index (κ1) is 23.0. The fraction of sp³-hybridized carbons (Fsp3) is 0.846. The van der Waals surface area contributed by atoms with Crippen molar-refractivity contribution in [3.8, 4) is 0 Å². The molecule has 19 heavy (non-hydrogen) atoms. The van der Waals surface area contributed by atoms with Crippen molar-refractivity contribution in [3.05, 3.63) is 0 Å². The Morgan fingerprint density at radius 3 is 1.21 bits per heavy atom. The molecule has 0 radical (unpaired) electrons. The quantitative estimate of drug-likeness (QED) is 0.572. The minimum absolute atomic E-state index is 0.231. The Bertz CT molecular complexity index is 205. The van der Waals surface area contributed by atoms with Crippen LogP contribution in [0.2, 0.25) is 0 Å². The van der Waals surface area contributed by atoms with Crippen LogP contribution >= 0.6 is 0 Å². The standard InChI is InChI=1S/C5H12O2.2C4H8O2/c1-2-3-4-5(6)7;2*1-3(2)4(5)6/h5-7H,2-4H2,1H3;2*3H,1-2H3,(H,5,6). The number of carbonyl (C=O) groups is 2. The number of hydrogen-bond donors (Lipinski definition) is 4. The van der Waals surface area contributed by atoms with Crippen molar-refractivity contribution >= 4 is 11.9 Å². The molecule has 0 rings (SSSR count). The van der Waals surface area contributed by atoms with Crippen molar-refractivity contribution in [1.82, 2.24) is 0 Å². The van der Waals surface area contributed by atoms with Gasteiger partial charge in [-0.3, -0.25) is 9.59 Å². The second kappa shape index (κ2) is 14.9. The highest BCUT2D eigenvalue weighted by molar-refractivity contribution is 5.69. The average Bonchev–Trinajstić information content (AvgIpc) is 2.27. The molecule has 0 bridgehead atoms. The van der Waals surface area contributed by atoms with Crippen LogP contribution in [0.5, 0.6) is 0 Å². The Kier molecular flexibility index (Phi) is 18.1. The summed E-state index contributed by atoms with van der Waals surface area (Å²) in [6.45, 7) is 8.58. The molecule has 116 valence electrons. The summed E-state index contributed by atoms with van der Waals surface area (Å²) in [4.78, 5) is 19.4. The lowest BCUT2D eigenvalue weighted by molar-refractivity contribution is -0.141. The van der Waals surface area contributed by atoms with Gasteiger partial charge in [-0.1, -0.05) is 41.0 Å². The van der Waals surface area contributed by atoms with Crippen LogP contribution in [0, 0.1) is 11.8 Å². The monoisotopic (exact) mass is 280 g/mol. The van der Waals surface area contributed by atoms with Crippen molar-refractivity contribution in [3.63, 3.8) is 0 Å². The number of carboxylic acids is 2.